The Hall–Kier alpha value is -2.37. The predicted molar refractivity (Wildman–Crippen MR) is 65.6 cm³/mol. The SMILES string of the molecule is C=CCOc1nc(N)nc2ncn(CC=C)c12. The van der Waals surface area contributed by atoms with Gasteiger partial charge in [0.2, 0.25) is 11.8 Å². The summed E-state index contributed by atoms with van der Waals surface area (Å²) in [6.45, 7) is 8.22. The number of rotatable bonds is 5. The first-order chi connectivity index (χ1) is 8.26. The molecule has 0 unspecified atom stereocenters. The minimum absolute atomic E-state index is 0.139. The Morgan fingerprint density at radius 3 is 2.88 bits per heavy atom. The fourth-order valence-electron chi connectivity index (χ4n) is 1.48. The monoisotopic (exact) mass is 231 g/mol. The first kappa shape index (κ1) is 11.1. The normalized spacial score (nSPS) is 10.4. The maximum absolute atomic E-state index is 5.58. The summed E-state index contributed by atoms with van der Waals surface area (Å²) in [5, 5.41) is 0. The molecule has 0 aromatic carbocycles. The Morgan fingerprint density at radius 2 is 2.18 bits per heavy atom. The van der Waals surface area contributed by atoms with Gasteiger partial charge < -0.3 is 15.0 Å². The van der Waals surface area contributed by atoms with Crippen LogP contribution < -0.4 is 10.5 Å². The Balaban J connectivity index is 2.56. The number of hydrogen-bond acceptors (Lipinski definition) is 5. The van der Waals surface area contributed by atoms with Crippen LogP contribution in [0.1, 0.15) is 0 Å². The standard InChI is InChI=1S/C11H13N5O/c1-3-5-16-7-13-9-8(16)10(17-6-4-2)15-11(12)14-9/h3-4,7H,1-2,5-6H2,(H2,12,14,15). The highest BCUT2D eigenvalue weighted by atomic mass is 16.5. The maximum Gasteiger partial charge on any atom is 0.245 e. The van der Waals surface area contributed by atoms with Crippen molar-refractivity contribution in [2.45, 2.75) is 6.54 Å². The highest BCUT2D eigenvalue weighted by Crippen LogP contribution is 2.22. The van der Waals surface area contributed by atoms with Crippen LogP contribution in [0.5, 0.6) is 5.88 Å². The number of allylic oxidation sites excluding steroid dienone is 1. The van der Waals surface area contributed by atoms with Gasteiger partial charge in [-0.1, -0.05) is 18.7 Å². The van der Waals surface area contributed by atoms with Crippen molar-refractivity contribution in [3.05, 3.63) is 31.6 Å². The van der Waals surface area contributed by atoms with E-state index in [1.54, 1.807) is 18.5 Å². The van der Waals surface area contributed by atoms with Gasteiger partial charge in [0, 0.05) is 6.54 Å². The number of nitrogens with zero attached hydrogens (tertiary/aromatic N) is 4. The summed E-state index contributed by atoms with van der Waals surface area (Å²) < 4.78 is 7.30. The fourth-order valence-corrected chi connectivity index (χ4v) is 1.48. The molecular formula is C11H13N5O. The van der Waals surface area contributed by atoms with Gasteiger partial charge in [0.15, 0.2) is 11.2 Å². The molecule has 0 saturated carbocycles. The summed E-state index contributed by atoms with van der Waals surface area (Å²) in [7, 11) is 0. The average molecular weight is 231 g/mol. The van der Waals surface area contributed by atoms with Gasteiger partial charge in [-0.05, 0) is 0 Å². The van der Waals surface area contributed by atoms with E-state index in [4.69, 9.17) is 10.5 Å². The summed E-state index contributed by atoms with van der Waals surface area (Å²) in [5.74, 6) is 0.548. The van der Waals surface area contributed by atoms with Crippen LogP contribution >= 0.6 is 0 Å². The molecule has 2 rings (SSSR count). The van der Waals surface area contributed by atoms with Crippen LogP contribution in [-0.2, 0) is 6.54 Å². The largest absolute Gasteiger partial charge is 0.472 e. The molecule has 17 heavy (non-hydrogen) atoms. The van der Waals surface area contributed by atoms with Gasteiger partial charge in [0.1, 0.15) is 6.61 Å². The van der Waals surface area contributed by atoms with E-state index in [0.717, 1.165) is 0 Å². The number of hydrogen-bond donors (Lipinski definition) is 1. The van der Waals surface area contributed by atoms with Crippen LogP contribution in [0.25, 0.3) is 11.2 Å². The van der Waals surface area contributed by atoms with Gasteiger partial charge in [0.05, 0.1) is 6.33 Å². The molecule has 2 heterocycles. The van der Waals surface area contributed by atoms with Gasteiger partial charge in [-0.15, -0.1) is 6.58 Å². The molecule has 0 aliphatic heterocycles. The molecule has 0 radical (unpaired) electrons. The number of aromatic nitrogens is 4. The third kappa shape index (κ3) is 2.10. The summed E-state index contributed by atoms with van der Waals surface area (Å²) in [6, 6.07) is 0. The van der Waals surface area contributed by atoms with Crippen molar-refractivity contribution in [1.82, 2.24) is 19.5 Å². The molecule has 0 amide bonds. The highest BCUT2D eigenvalue weighted by Gasteiger charge is 2.12. The summed E-state index contributed by atoms with van der Waals surface area (Å²) >= 11 is 0. The zero-order chi connectivity index (χ0) is 12.3. The molecule has 6 heteroatoms. The Morgan fingerprint density at radius 1 is 1.35 bits per heavy atom. The molecule has 2 N–H and O–H groups in total. The lowest BCUT2D eigenvalue weighted by Gasteiger charge is -2.06. The van der Waals surface area contributed by atoms with Crippen molar-refractivity contribution < 1.29 is 4.74 Å². The molecule has 0 atom stereocenters. The van der Waals surface area contributed by atoms with Crippen LogP contribution in [0.2, 0.25) is 0 Å². The molecule has 0 fully saturated rings. The van der Waals surface area contributed by atoms with E-state index in [9.17, 15) is 0 Å². The van der Waals surface area contributed by atoms with Crippen LogP contribution in [0, 0.1) is 0 Å². The lowest BCUT2D eigenvalue weighted by molar-refractivity contribution is 0.352. The summed E-state index contributed by atoms with van der Waals surface area (Å²) in [5.41, 5.74) is 6.80. The second-order valence-corrected chi connectivity index (χ2v) is 3.34. The third-order valence-electron chi connectivity index (χ3n) is 2.12. The summed E-state index contributed by atoms with van der Waals surface area (Å²) in [4.78, 5) is 12.2. The van der Waals surface area contributed by atoms with E-state index in [2.05, 4.69) is 28.1 Å². The molecule has 6 nitrogen and oxygen atoms in total. The van der Waals surface area contributed by atoms with Crippen molar-refractivity contribution in [2.75, 3.05) is 12.3 Å². The van der Waals surface area contributed by atoms with Crippen molar-refractivity contribution in [3.8, 4) is 5.88 Å². The van der Waals surface area contributed by atoms with Gasteiger partial charge in [0.25, 0.3) is 0 Å². The number of imidazole rings is 1. The summed E-state index contributed by atoms with van der Waals surface area (Å²) in [6.07, 6.45) is 5.05. The Kier molecular flexibility index (Phi) is 3.04. The van der Waals surface area contributed by atoms with Crippen LogP contribution in [0.4, 0.5) is 5.95 Å². The fraction of sp³-hybridized carbons (Fsp3) is 0.182. The maximum atomic E-state index is 5.58. The second kappa shape index (κ2) is 4.65. The molecule has 0 saturated heterocycles. The Bertz CT molecular complexity index is 560. The van der Waals surface area contributed by atoms with E-state index in [-0.39, 0.29) is 5.95 Å². The molecule has 0 bridgehead atoms. The minimum Gasteiger partial charge on any atom is -0.472 e. The van der Waals surface area contributed by atoms with Gasteiger partial charge in [-0.25, -0.2) is 4.98 Å². The smallest absolute Gasteiger partial charge is 0.245 e. The minimum atomic E-state index is 0.139. The van der Waals surface area contributed by atoms with Crippen molar-refractivity contribution in [1.29, 1.82) is 0 Å². The Labute approximate surface area is 98.5 Å². The number of nitrogens with two attached hydrogens (primary N) is 1. The van der Waals surface area contributed by atoms with E-state index < -0.39 is 0 Å². The lowest BCUT2D eigenvalue weighted by Crippen LogP contribution is -2.04. The lowest BCUT2D eigenvalue weighted by atomic mass is 10.5. The molecular weight excluding hydrogens is 218 g/mol. The van der Waals surface area contributed by atoms with E-state index in [1.807, 2.05) is 4.57 Å². The first-order valence-electron chi connectivity index (χ1n) is 5.09. The molecule has 2 aromatic rings. The second-order valence-electron chi connectivity index (χ2n) is 3.34. The van der Waals surface area contributed by atoms with Crippen LogP contribution in [-0.4, -0.2) is 26.1 Å². The predicted octanol–water partition coefficient (Wildman–Crippen LogP) is 1.16. The zero-order valence-electron chi connectivity index (χ0n) is 9.33. The van der Waals surface area contributed by atoms with Crippen LogP contribution in [0.3, 0.4) is 0 Å². The van der Waals surface area contributed by atoms with Gasteiger partial charge in [-0.2, -0.15) is 9.97 Å². The quantitative estimate of drug-likeness (QED) is 0.781. The topological polar surface area (TPSA) is 78.8 Å². The number of anilines is 1. The van der Waals surface area contributed by atoms with Gasteiger partial charge >= 0.3 is 0 Å². The van der Waals surface area contributed by atoms with Crippen molar-refractivity contribution in [2.24, 2.45) is 0 Å². The average Bonchev–Trinajstić information content (AvgIpc) is 2.69. The molecule has 0 aliphatic rings. The molecule has 2 aromatic heterocycles. The van der Waals surface area contributed by atoms with Gasteiger partial charge in [-0.3, -0.25) is 0 Å². The third-order valence-corrected chi connectivity index (χ3v) is 2.12. The van der Waals surface area contributed by atoms with E-state index in [0.29, 0.717) is 30.2 Å². The molecule has 0 aliphatic carbocycles. The van der Waals surface area contributed by atoms with E-state index in [1.165, 1.54) is 0 Å². The number of fused-ring (bicyclic) bond motifs is 1. The molecule has 0 spiro atoms. The number of nitrogen functional groups attached to an aromatic ring is 1. The van der Waals surface area contributed by atoms with Crippen molar-refractivity contribution >= 4 is 17.1 Å². The van der Waals surface area contributed by atoms with E-state index >= 15 is 0 Å². The first-order valence-corrected chi connectivity index (χ1v) is 5.09. The van der Waals surface area contributed by atoms with Crippen molar-refractivity contribution in [3.63, 3.8) is 0 Å². The number of ether oxygens (including phenoxy) is 1. The van der Waals surface area contributed by atoms with Crippen LogP contribution in [0.15, 0.2) is 31.6 Å². The highest BCUT2D eigenvalue weighted by molar-refractivity contribution is 5.77. The zero-order valence-corrected chi connectivity index (χ0v) is 9.33. The molecule has 88 valence electrons.